The van der Waals surface area contributed by atoms with Gasteiger partial charge in [0, 0.05) is 11.9 Å². The summed E-state index contributed by atoms with van der Waals surface area (Å²) in [5.74, 6) is 1.35. The van der Waals surface area contributed by atoms with E-state index in [-0.39, 0.29) is 0 Å². The summed E-state index contributed by atoms with van der Waals surface area (Å²) in [6.07, 6.45) is 1.76. The summed E-state index contributed by atoms with van der Waals surface area (Å²) < 4.78 is 1.10. The number of imidazole rings is 1. The molecule has 2 aromatic heterocycles. The van der Waals surface area contributed by atoms with Gasteiger partial charge < -0.3 is 4.98 Å². The summed E-state index contributed by atoms with van der Waals surface area (Å²) in [5, 5.41) is 0. The highest BCUT2D eigenvalue weighted by molar-refractivity contribution is 9.11. The average molecular weight is 278 g/mol. The van der Waals surface area contributed by atoms with Crippen LogP contribution in [-0.2, 0) is 5.88 Å². The molecule has 0 spiro atoms. The van der Waals surface area contributed by atoms with Gasteiger partial charge in [-0.3, -0.25) is 0 Å². The maximum atomic E-state index is 5.66. The summed E-state index contributed by atoms with van der Waals surface area (Å²) in [7, 11) is 0. The predicted molar refractivity (Wildman–Crippen MR) is 59.2 cm³/mol. The summed E-state index contributed by atoms with van der Waals surface area (Å²) in [5.41, 5.74) is 0.946. The molecule has 0 aromatic carbocycles. The second kappa shape index (κ2) is 3.82. The fourth-order valence-corrected chi connectivity index (χ4v) is 2.47. The topological polar surface area (TPSA) is 28.7 Å². The molecule has 5 heteroatoms. The minimum atomic E-state index is 0.472. The molecule has 0 atom stereocenters. The number of nitrogens with one attached hydrogen (secondary N) is 1. The SMILES string of the molecule is ClCc1cnc(-c2ccc(Br)s2)[nH]1. The lowest BCUT2D eigenvalue weighted by Crippen LogP contribution is -1.76. The van der Waals surface area contributed by atoms with Gasteiger partial charge in [0.2, 0.25) is 0 Å². The Morgan fingerprint density at radius 3 is 2.92 bits per heavy atom. The molecule has 2 rings (SSSR count). The molecule has 1 N–H and O–H groups in total. The number of alkyl halides is 1. The van der Waals surface area contributed by atoms with Crippen LogP contribution in [0.2, 0.25) is 0 Å². The van der Waals surface area contributed by atoms with Gasteiger partial charge in [-0.15, -0.1) is 22.9 Å². The lowest BCUT2D eigenvalue weighted by atomic mass is 10.4. The highest BCUT2D eigenvalue weighted by Crippen LogP contribution is 2.29. The Balaban J connectivity index is 2.35. The molecule has 0 aliphatic heterocycles. The van der Waals surface area contributed by atoms with Crippen LogP contribution in [0.15, 0.2) is 22.1 Å². The van der Waals surface area contributed by atoms with Gasteiger partial charge in [0.15, 0.2) is 0 Å². The number of thiophene rings is 1. The van der Waals surface area contributed by atoms with Gasteiger partial charge in [0.05, 0.1) is 14.5 Å². The van der Waals surface area contributed by atoms with Crippen LogP contribution in [0.1, 0.15) is 5.69 Å². The van der Waals surface area contributed by atoms with E-state index in [4.69, 9.17) is 11.6 Å². The van der Waals surface area contributed by atoms with Crippen molar-refractivity contribution >= 4 is 38.9 Å². The quantitative estimate of drug-likeness (QED) is 0.834. The third-order valence-electron chi connectivity index (χ3n) is 1.58. The standard InChI is InChI=1S/C8H6BrClN2S/c9-7-2-1-6(13-7)8-11-4-5(3-10)12-8/h1-2,4H,3H2,(H,11,12). The van der Waals surface area contributed by atoms with Crippen LogP contribution in [-0.4, -0.2) is 9.97 Å². The van der Waals surface area contributed by atoms with E-state index < -0.39 is 0 Å². The number of H-pyrrole nitrogens is 1. The van der Waals surface area contributed by atoms with Crippen molar-refractivity contribution in [1.29, 1.82) is 0 Å². The molecule has 0 aliphatic carbocycles. The van der Waals surface area contributed by atoms with Crippen molar-refractivity contribution in [2.75, 3.05) is 0 Å². The van der Waals surface area contributed by atoms with Crippen LogP contribution in [0.3, 0.4) is 0 Å². The first-order valence-corrected chi connectivity index (χ1v) is 5.79. The molecule has 68 valence electrons. The van der Waals surface area contributed by atoms with Crippen LogP contribution >= 0.6 is 38.9 Å². The third kappa shape index (κ3) is 1.95. The van der Waals surface area contributed by atoms with Gasteiger partial charge in [0.25, 0.3) is 0 Å². The predicted octanol–water partition coefficient (Wildman–Crippen LogP) is 3.64. The molecule has 0 bridgehead atoms. The molecule has 0 saturated heterocycles. The first-order valence-electron chi connectivity index (χ1n) is 3.65. The summed E-state index contributed by atoms with van der Waals surface area (Å²) in [6.45, 7) is 0. The van der Waals surface area contributed by atoms with E-state index in [1.165, 1.54) is 0 Å². The fourth-order valence-electron chi connectivity index (χ4n) is 0.994. The van der Waals surface area contributed by atoms with E-state index in [1.54, 1.807) is 17.5 Å². The molecule has 0 unspecified atom stereocenters. The van der Waals surface area contributed by atoms with Crippen molar-refractivity contribution in [2.45, 2.75) is 5.88 Å². The van der Waals surface area contributed by atoms with E-state index >= 15 is 0 Å². The van der Waals surface area contributed by atoms with Crippen LogP contribution in [0.5, 0.6) is 0 Å². The average Bonchev–Trinajstić information content (AvgIpc) is 2.71. The van der Waals surface area contributed by atoms with E-state index in [0.29, 0.717) is 5.88 Å². The van der Waals surface area contributed by atoms with Crippen molar-refractivity contribution in [3.05, 3.63) is 27.8 Å². The summed E-state index contributed by atoms with van der Waals surface area (Å²) >= 11 is 10.7. The maximum absolute atomic E-state index is 5.66. The van der Waals surface area contributed by atoms with Crippen molar-refractivity contribution in [3.8, 4) is 10.7 Å². The zero-order valence-corrected chi connectivity index (χ0v) is 9.71. The van der Waals surface area contributed by atoms with Gasteiger partial charge in [-0.1, -0.05) is 0 Å². The van der Waals surface area contributed by atoms with Crippen LogP contribution in [0, 0.1) is 0 Å². The molecular weight excluding hydrogens is 272 g/mol. The Morgan fingerprint density at radius 2 is 2.38 bits per heavy atom. The monoisotopic (exact) mass is 276 g/mol. The van der Waals surface area contributed by atoms with E-state index in [2.05, 4.69) is 25.9 Å². The molecule has 0 fully saturated rings. The summed E-state index contributed by atoms with van der Waals surface area (Å²) in [6, 6.07) is 4.02. The molecule has 0 radical (unpaired) electrons. The number of aromatic amines is 1. The molecule has 2 nitrogen and oxygen atoms in total. The molecule has 0 saturated carbocycles. The van der Waals surface area contributed by atoms with Gasteiger partial charge in [-0.05, 0) is 28.1 Å². The first-order chi connectivity index (χ1) is 6.29. The second-order valence-electron chi connectivity index (χ2n) is 2.49. The molecule has 2 aromatic rings. The largest absolute Gasteiger partial charge is 0.340 e. The van der Waals surface area contributed by atoms with Gasteiger partial charge in [0.1, 0.15) is 5.82 Å². The van der Waals surface area contributed by atoms with Crippen molar-refractivity contribution in [3.63, 3.8) is 0 Å². The van der Waals surface area contributed by atoms with Crippen LogP contribution < -0.4 is 0 Å². The Hall–Kier alpha value is -0.320. The zero-order chi connectivity index (χ0) is 9.26. The number of hydrogen-bond acceptors (Lipinski definition) is 2. The van der Waals surface area contributed by atoms with E-state index in [0.717, 1.165) is 20.2 Å². The van der Waals surface area contributed by atoms with Gasteiger partial charge >= 0.3 is 0 Å². The Bertz CT molecular complexity index is 410. The van der Waals surface area contributed by atoms with E-state index in [1.807, 2.05) is 12.1 Å². The number of hydrogen-bond donors (Lipinski definition) is 1. The lowest BCUT2D eigenvalue weighted by Gasteiger charge is -1.88. The Labute approximate surface area is 93.1 Å². The minimum Gasteiger partial charge on any atom is -0.340 e. The molecule has 0 aliphatic rings. The van der Waals surface area contributed by atoms with E-state index in [9.17, 15) is 0 Å². The lowest BCUT2D eigenvalue weighted by molar-refractivity contribution is 1.23. The highest BCUT2D eigenvalue weighted by atomic mass is 79.9. The number of nitrogens with zero attached hydrogens (tertiary/aromatic N) is 1. The number of aromatic nitrogens is 2. The molecule has 13 heavy (non-hydrogen) atoms. The van der Waals surface area contributed by atoms with Crippen molar-refractivity contribution < 1.29 is 0 Å². The zero-order valence-electron chi connectivity index (χ0n) is 6.55. The minimum absolute atomic E-state index is 0.472. The first kappa shape index (κ1) is 9.24. The fraction of sp³-hybridized carbons (Fsp3) is 0.125. The van der Waals surface area contributed by atoms with Crippen molar-refractivity contribution in [1.82, 2.24) is 9.97 Å². The summed E-state index contributed by atoms with van der Waals surface area (Å²) in [4.78, 5) is 8.47. The van der Waals surface area contributed by atoms with Gasteiger partial charge in [-0.25, -0.2) is 4.98 Å². The highest BCUT2D eigenvalue weighted by Gasteiger charge is 2.04. The van der Waals surface area contributed by atoms with Crippen molar-refractivity contribution in [2.24, 2.45) is 0 Å². The normalized spacial score (nSPS) is 10.6. The molecule has 0 amide bonds. The second-order valence-corrected chi connectivity index (χ2v) is 5.22. The Morgan fingerprint density at radius 1 is 1.54 bits per heavy atom. The number of rotatable bonds is 2. The number of halogens is 2. The Kier molecular flexibility index (Phi) is 2.71. The molecule has 2 heterocycles. The smallest absolute Gasteiger partial charge is 0.147 e. The molecular formula is C8H6BrClN2S. The third-order valence-corrected chi connectivity index (χ3v) is 3.50. The van der Waals surface area contributed by atoms with Gasteiger partial charge in [-0.2, -0.15) is 0 Å². The van der Waals surface area contributed by atoms with Crippen LogP contribution in [0.4, 0.5) is 0 Å². The van der Waals surface area contributed by atoms with Crippen LogP contribution in [0.25, 0.3) is 10.7 Å². The maximum Gasteiger partial charge on any atom is 0.147 e.